The molecule has 0 radical (unpaired) electrons. The Labute approximate surface area is 117 Å². The zero-order valence-electron chi connectivity index (χ0n) is 12.7. The van der Waals surface area contributed by atoms with Crippen LogP contribution in [-0.4, -0.2) is 42.6 Å². The second kappa shape index (κ2) is 6.02. The van der Waals surface area contributed by atoms with Gasteiger partial charge in [-0.15, -0.1) is 0 Å². The van der Waals surface area contributed by atoms with Crippen molar-refractivity contribution in [2.24, 2.45) is 5.41 Å². The Balaban J connectivity index is 1.91. The van der Waals surface area contributed by atoms with Crippen LogP contribution in [0.15, 0.2) is 24.4 Å². The van der Waals surface area contributed by atoms with E-state index in [1.54, 1.807) is 0 Å². The van der Waals surface area contributed by atoms with Crippen LogP contribution in [0.3, 0.4) is 0 Å². The molecule has 1 aliphatic carbocycles. The number of pyridine rings is 1. The molecule has 0 saturated heterocycles. The van der Waals surface area contributed by atoms with Crippen LogP contribution in [0.1, 0.15) is 32.4 Å². The van der Waals surface area contributed by atoms with Crippen molar-refractivity contribution >= 4 is 0 Å². The van der Waals surface area contributed by atoms with Crippen molar-refractivity contribution in [3.05, 3.63) is 30.1 Å². The van der Waals surface area contributed by atoms with Crippen LogP contribution in [0.5, 0.6) is 0 Å². The van der Waals surface area contributed by atoms with Crippen molar-refractivity contribution in [1.29, 1.82) is 0 Å². The minimum absolute atomic E-state index is 0.401. The fraction of sp³-hybridized carbons (Fsp3) is 0.688. The summed E-state index contributed by atoms with van der Waals surface area (Å²) < 4.78 is 0. The maximum Gasteiger partial charge on any atom is 0.0416 e. The van der Waals surface area contributed by atoms with Crippen molar-refractivity contribution in [3.63, 3.8) is 0 Å². The third-order valence-corrected chi connectivity index (χ3v) is 4.64. The van der Waals surface area contributed by atoms with Crippen LogP contribution >= 0.6 is 0 Å². The maximum absolute atomic E-state index is 4.40. The van der Waals surface area contributed by atoms with Gasteiger partial charge in [-0.05, 0) is 44.5 Å². The lowest BCUT2D eigenvalue weighted by atomic mass is 9.86. The summed E-state index contributed by atoms with van der Waals surface area (Å²) in [4.78, 5) is 6.91. The number of likely N-dealkylation sites (N-methyl/N-ethyl adjacent to an activating group) is 2. The Bertz CT molecular complexity index is 388. The molecule has 1 aromatic heterocycles. The molecule has 0 spiro atoms. The van der Waals surface area contributed by atoms with Crippen LogP contribution in [0.25, 0.3) is 0 Å². The molecule has 0 aliphatic heterocycles. The number of rotatable bonds is 5. The molecule has 1 aliphatic rings. The molecule has 0 bridgehead atoms. The van der Waals surface area contributed by atoms with E-state index in [1.807, 2.05) is 12.3 Å². The standard InChI is InChI=1S/C16H27N3/c1-16(2)10-8-14(15(16)17-3)19(4)12-9-13-7-5-6-11-18-13/h5-7,11,14-15,17H,8-10,12H2,1-4H3. The van der Waals surface area contributed by atoms with Gasteiger partial charge in [-0.3, -0.25) is 4.98 Å². The lowest BCUT2D eigenvalue weighted by molar-refractivity contribution is 0.178. The van der Waals surface area contributed by atoms with E-state index in [9.17, 15) is 0 Å². The lowest BCUT2D eigenvalue weighted by Crippen LogP contribution is -2.49. The number of aromatic nitrogens is 1. The predicted octanol–water partition coefficient (Wildman–Crippen LogP) is 2.33. The van der Waals surface area contributed by atoms with E-state index >= 15 is 0 Å². The summed E-state index contributed by atoms with van der Waals surface area (Å²) in [5, 5.41) is 3.53. The highest BCUT2D eigenvalue weighted by atomic mass is 15.2. The van der Waals surface area contributed by atoms with E-state index in [1.165, 1.54) is 18.5 Å². The topological polar surface area (TPSA) is 28.2 Å². The maximum atomic E-state index is 4.40. The zero-order chi connectivity index (χ0) is 13.9. The molecule has 3 nitrogen and oxygen atoms in total. The smallest absolute Gasteiger partial charge is 0.0416 e. The van der Waals surface area contributed by atoms with Crippen molar-refractivity contribution in [1.82, 2.24) is 15.2 Å². The highest BCUT2D eigenvalue weighted by Crippen LogP contribution is 2.39. The lowest BCUT2D eigenvalue weighted by Gasteiger charge is -2.35. The van der Waals surface area contributed by atoms with Gasteiger partial charge < -0.3 is 10.2 Å². The average molecular weight is 261 g/mol. The van der Waals surface area contributed by atoms with E-state index in [2.05, 4.69) is 55.3 Å². The van der Waals surface area contributed by atoms with Crippen molar-refractivity contribution < 1.29 is 0 Å². The summed E-state index contributed by atoms with van der Waals surface area (Å²) in [5.41, 5.74) is 1.59. The summed E-state index contributed by atoms with van der Waals surface area (Å²) >= 11 is 0. The first-order chi connectivity index (χ1) is 9.04. The van der Waals surface area contributed by atoms with Gasteiger partial charge in [0.15, 0.2) is 0 Å². The first-order valence-electron chi connectivity index (χ1n) is 7.32. The van der Waals surface area contributed by atoms with Gasteiger partial charge in [0.1, 0.15) is 0 Å². The Morgan fingerprint density at radius 1 is 1.42 bits per heavy atom. The minimum atomic E-state index is 0.401. The van der Waals surface area contributed by atoms with Crippen molar-refractivity contribution in [2.75, 3.05) is 20.6 Å². The van der Waals surface area contributed by atoms with Crippen LogP contribution in [0.4, 0.5) is 0 Å². The number of nitrogens with zero attached hydrogens (tertiary/aromatic N) is 2. The van der Waals surface area contributed by atoms with Gasteiger partial charge in [0, 0.05) is 36.9 Å². The largest absolute Gasteiger partial charge is 0.315 e. The van der Waals surface area contributed by atoms with Crippen LogP contribution in [0, 0.1) is 5.41 Å². The molecule has 0 amide bonds. The van der Waals surface area contributed by atoms with E-state index in [4.69, 9.17) is 0 Å². The first kappa shape index (κ1) is 14.5. The molecule has 1 aromatic rings. The Morgan fingerprint density at radius 3 is 2.84 bits per heavy atom. The fourth-order valence-electron chi connectivity index (χ4n) is 3.42. The van der Waals surface area contributed by atoms with Gasteiger partial charge in [-0.1, -0.05) is 19.9 Å². The normalized spacial score (nSPS) is 25.9. The SMILES string of the molecule is CNC1C(N(C)CCc2ccccn2)CCC1(C)C. The molecule has 19 heavy (non-hydrogen) atoms. The Kier molecular flexibility index (Phi) is 4.58. The second-order valence-electron chi connectivity index (χ2n) is 6.41. The van der Waals surface area contributed by atoms with Crippen LogP contribution < -0.4 is 5.32 Å². The van der Waals surface area contributed by atoms with Gasteiger partial charge in [0.25, 0.3) is 0 Å². The second-order valence-corrected chi connectivity index (χ2v) is 6.41. The molecule has 0 aromatic carbocycles. The molecule has 106 valence electrons. The number of hydrogen-bond acceptors (Lipinski definition) is 3. The molecule has 1 saturated carbocycles. The molecule has 1 heterocycles. The van der Waals surface area contributed by atoms with Crippen LogP contribution in [0.2, 0.25) is 0 Å². The van der Waals surface area contributed by atoms with E-state index in [-0.39, 0.29) is 0 Å². The highest BCUT2D eigenvalue weighted by molar-refractivity contribution is 5.05. The summed E-state index contributed by atoms with van der Waals surface area (Å²) in [6.45, 7) is 5.83. The monoisotopic (exact) mass is 261 g/mol. The molecular weight excluding hydrogens is 234 g/mol. The van der Waals surface area contributed by atoms with E-state index in [0.717, 1.165) is 13.0 Å². The summed E-state index contributed by atoms with van der Waals surface area (Å²) in [6.07, 6.45) is 5.50. The molecule has 3 heteroatoms. The fourth-order valence-corrected chi connectivity index (χ4v) is 3.42. The number of hydrogen-bond donors (Lipinski definition) is 1. The molecule has 1 N–H and O–H groups in total. The van der Waals surface area contributed by atoms with Gasteiger partial charge >= 0.3 is 0 Å². The van der Waals surface area contributed by atoms with Gasteiger partial charge in [0.2, 0.25) is 0 Å². The average Bonchev–Trinajstić information content (AvgIpc) is 2.72. The Morgan fingerprint density at radius 2 is 2.21 bits per heavy atom. The molecule has 2 unspecified atom stereocenters. The summed E-state index contributed by atoms with van der Waals surface area (Å²) in [6, 6.07) is 7.38. The highest BCUT2D eigenvalue weighted by Gasteiger charge is 2.42. The van der Waals surface area contributed by atoms with Gasteiger partial charge in [0.05, 0.1) is 0 Å². The molecule has 2 atom stereocenters. The molecule has 1 fully saturated rings. The third-order valence-electron chi connectivity index (χ3n) is 4.64. The quantitative estimate of drug-likeness (QED) is 0.882. The minimum Gasteiger partial charge on any atom is -0.315 e. The van der Waals surface area contributed by atoms with E-state index in [0.29, 0.717) is 17.5 Å². The van der Waals surface area contributed by atoms with E-state index < -0.39 is 0 Å². The molecular formula is C16H27N3. The van der Waals surface area contributed by atoms with Gasteiger partial charge in [-0.25, -0.2) is 0 Å². The predicted molar refractivity (Wildman–Crippen MR) is 80.2 cm³/mol. The summed E-state index contributed by atoms with van der Waals surface area (Å²) in [7, 11) is 4.34. The van der Waals surface area contributed by atoms with Crippen LogP contribution in [-0.2, 0) is 6.42 Å². The summed E-state index contributed by atoms with van der Waals surface area (Å²) in [5.74, 6) is 0. The van der Waals surface area contributed by atoms with Crippen molar-refractivity contribution in [2.45, 2.75) is 45.2 Å². The first-order valence-corrected chi connectivity index (χ1v) is 7.32. The molecule has 2 rings (SSSR count). The zero-order valence-corrected chi connectivity index (χ0v) is 12.7. The van der Waals surface area contributed by atoms with Crippen molar-refractivity contribution in [3.8, 4) is 0 Å². The number of nitrogens with one attached hydrogen (secondary N) is 1. The van der Waals surface area contributed by atoms with Gasteiger partial charge in [-0.2, -0.15) is 0 Å². The third kappa shape index (κ3) is 3.34. The Hall–Kier alpha value is -0.930.